The SMILES string of the molecule is CCCCCCCCCCC[Si](C)(C)OCC[N+]1(C)CCc2ccccc2C1. The van der Waals surface area contributed by atoms with Gasteiger partial charge in [0.15, 0.2) is 8.32 Å². The summed E-state index contributed by atoms with van der Waals surface area (Å²) in [6, 6.07) is 10.3. The van der Waals surface area contributed by atoms with Crippen LogP contribution in [0.15, 0.2) is 24.3 Å². The first-order valence-corrected chi connectivity index (χ1v) is 15.1. The molecule has 0 amide bonds. The van der Waals surface area contributed by atoms with Crippen LogP contribution in [0.25, 0.3) is 0 Å². The molecule has 1 aromatic rings. The Hall–Kier alpha value is -0.643. The van der Waals surface area contributed by atoms with E-state index in [0.29, 0.717) is 0 Å². The standard InChI is InChI=1S/C25H46NOSi/c1-5-6-7-8-9-10-11-12-15-22-28(3,4)27-21-20-26(2)19-18-24-16-13-14-17-25(24)23-26/h13-14,16-17H,5-12,15,18-23H2,1-4H3/q+1. The molecule has 0 aromatic heterocycles. The number of likely N-dealkylation sites (N-methyl/N-ethyl adjacent to an activating group) is 1. The molecule has 0 fully saturated rings. The second kappa shape index (κ2) is 12.1. The van der Waals surface area contributed by atoms with Crippen molar-refractivity contribution in [3.63, 3.8) is 0 Å². The second-order valence-electron chi connectivity index (χ2n) is 9.93. The van der Waals surface area contributed by atoms with Crippen LogP contribution in [0.3, 0.4) is 0 Å². The van der Waals surface area contributed by atoms with E-state index in [1.807, 2.05) is 0 Å². The Morgan fingerprint density at radius 1 is 0.893 bits per heavy atom. The van der Waals surface area contributed by atoms with Crippen molar-refractivity contribution in [3.05, 3.63) is 35.4 Å². The van der Waals surface area contributed by atoms with E-state index in [1.54, 1.807) is 11.1 Å². The summed E-state index contributed by atoms with van der Waals surface area (Å²) < 4.78 is 7.62. The van der Waals surface area contributed by atoms with Crippen LogP contribution in [0.1, 0.15) is 75.8 Å². The van der Waals surface area contributed by atoms with E-state index in [-0.39, 0.29) is 0 Å². The summed E-state index contributed by atoms with van der Waals surface area (Å²) in [7, 11) is 0.923. The normalized spacial score (nSPS) is 19.6. The Balaban J connectivity index is 1.56. The van der Waals surface area contributed by atoms with E-state index in [0.717, 1.165) is 17.6 Å². The number of hydrogen-bond acceptors (Lipinski definition) is 1. The molecule has 0 aliphatic carbocycles. The van der Waals surface area contributed by atoms with Gasteiger partial charge in [-0.1, -0.05) is 89.0 Å². The molecule has 28 heavy (non-hydrogen) atoms. The Morgan fingerprint density at radius 3 is 2.18 bits per heavy atom. The molecule has 1 aliphatic heterocycles. The van der Waals surface area contributed by atoms with Gasteiger partial charge >= 0.3 is 0 Å². The number of hydrogen-bond donors (Lipinski definition) is 0. The summed E-state index contributed by atoms with van der Waals surface area (Å²) in [5.41, 5.74) is 3.10. The fourth-order valence-electron chi connectivity index (χ4n) is 4.50. The Morgan fingerprint density at radius 2 is 1.50 bits per heavy atom. The van der Waals surface area contributed by atoms with Gasteiger partial charge in [-0.3, -0.25) is 0 Å². The minimum absolute atomic E-state index is 0.940. The van der Waals surface area contributed by atoms with Gasteiger partial charge in [-0.25, -0.2) is 0 Å². The van der Waals surface area contributed by atoms with Gasteiger partial charge < -0.3 is 8.91 Å². The Labute approximate surface area is 176 Å². The largest absolute Gasteiger partial charge is 0.412 e. The molecule has 1 aliphatic rings. The van der Waals surface area contributed by atoms with Crippen LogP contribution in [-0.4, -0.2) is 39.5 Å². The number of unbranched alkanes of at least 4 members (excludes halogenated alkanes) is 8. The fourth-order valence-corrected chi connectivity index (χ4v) is 6.39. The topological polar surface area (TPSA) is 9.23 Å². The van der Waals surface area contributed by atoms with Crippen molar-refractivity contribution in [2.75, 3.05) is 26.7 Å². The molecule has 3 heteroatoms. The van der Waals surface area contributed by atoms with Crippen molar-refractivity contribution in [2.45, 2.75) is 96.8 Å². The first kappa shape index (κ1) is 23.6. The van der Waals surface area contributed by atoms with Crippen molar-refractivity contribution in [3.8, 4) is 0 Å². The van der Waals surface area contributed by atoms with Crippen LogP contribution in [0, 0.1) is 0 Å². The third-order valence-electron chi connectivity index (χ3n) is 6.60. The smallest absolute Gasteiger partial charge is 0.187 e. The summed E-state index contributed by atoms with van der Waals surface area (Å²) in [6.07, 6.45) is 13.9. The van der Waals surface area contributed by atoms with Gasteiger partial charge in [-0.2, -0.15) is 0 Å². The second-order valence-corrected chi connectivity index (χ2v) is 14.2. The molecule has 1 unspecified atom stereocenters. The molecule has 0 radical (unpaired) electrons. The zero-order valence-electron chi connectivity index (χ0n) is 19.3. The summed E-state index contributed by atoms with van der Waals surface area (Å²) in [4.78, 5) is 0. The van der Waals surface area contributed by atoms with E-state index in [9.17, 15) is 0 Å². The highest BCUT2D eigenvalue weighted by Gasteiger charge is 2.29. The lowest BCUT2D eigenvalue weighted by Crippen LogP contribution is -2.50. The van der Waals surface area contributed by atoms with Crippen LogP contribution in [0.5, 0.6) is 0 Å². The van der Waals surface area contributed by atoms with Gasteiger partial charge in [0.25, 0.3) is 0 Å². The van der Waals surface area contributed by atoms with Gasteiger partial charge in [0, 0.05) is 12.0 Å². The average Bonchev–Trinajstić information content (AvgIpc) is 2.66. The molecule has 0 saturated heterocycles. The van der Waals surface area contributed by atoms with Crippen molar-refractivity contribution in [1.29, 1.82) is 0 Å². The molecule has 2 rings (SSSR count). The monoisotopic (exact) mass is 404 g/mol. The maximum Gasteiger partial charge on any atom is 0.187 e. The highest BCUT2D eigenvalue weighted by atomic mass is 28.4. The number of benzene rings is 1. The zero-order chi connectivity index (χ0) is 20.3. The maximum atomic E-state index is 6.48. The van der Waals surface area contributed by atoms with Gasteiger partial charge in [0.1, 0.15) is 13.1 Å². The first-order valence-electron chi connectivity index (χ1n) is 12.0. The highest BCUT2D eigenvalue weighted by Crippen LogP contribution is 2.24. The molecule has 2 nitrogen and oxygen atoms in total. The molecule has 1 atom stereocenters. The minimum Gasteiger partial charge on any atom is -0.412 e. The zero-order valence-corrected chi connectivity index (χ0v) is 20.3. The van der Waals surface area contributed by atoms with Crippen LogP contribution in [0.4, 0.5) is 0 Å². The quantitative estimate of drug-likeness (QED) is 0.185. The summed E-state index contributed by atoms with van der Waals surface area (Å²) in [6.45, 7) is 11.6. The van der Waals surface area contributed by atoms with Gasteiger partial charge in [-0.05, 0) is 24.7 Å². The van der Waals surface area contributed by atoms with Crippen LogP contribution < -0.4 is 0 Å². The van der Waals surface area contributed by atoms with Crippen molar-refractivity contribution < 1.29 is 8.91 Å². The van der Waals surface area contributed by atoms with Gasteiger partial charge in [0.05, 0.1) is 20.2 Å². The molecular formula is C25H46NOSi+. The summed E-state index contributed by atoms with van der Waals surface area (Å²) >= 11 is 0. The van der Waals surface area contributed by atoms with E-state index >= 15 is 0 Å². The van der Waals surface area contributed by atoms with E-state index in [1.165, 1.54) is 83.3 Å². The van der Waals surface area contributed by atoms with Crippen LogP contribution in [0.2, 0.25) is 19.1 Å². The summed E-state index contributed by atoms with van der Waals surface area (Å²) in [5, 5.41) is 0. The molecular weight excluding hydrogens is 358 g/mol. The lowest BCUT2D eigenvalue weighted by molar-refractivity contribution is -0.924. The van der Waals surface area contributed by atoms with Crippen LogP contribution in [-0.2, 0) is 17.4 Å². The lowest BCUT2D eigenvalue weighted by Gasteiger charge is -2.39. The van der Waals surface area contributed by atoms with E-state index in [4.69, 9.17) is 4.43 Å². The molecule has 0 spiro atoms. The van der Waals surface area contributed by atoms with E-state index < -0.39 is 8.32 Å². The molecule has 1 aromatic carbocycles. The minimum atomic E-state index is -1.49. The predicted octanol–water partition coefficient (Wildman–Crippen LogP) is 6.94. The number of fused-ring (bicyclic) bond motifs is 1. The number of nitrogens with zero attached hydrogens (tertiary/aromatic N) is 1. The van der Waals surface area contributed by atoms with E-state index in [2.05, 4.69) is 51.3 Å². The van der Waals surface area contributed by atoms with Crippen LogP contribution >= 0.6 is 0 Å². The molecule has 0 N–H and O–H groups in total. The molecule has 1 heterocycles. The van der Waals surface area contributed by atoms with Crippen molar-refractivity contribution >= 4 is 8.32 Å². The average molecular weight is 405 g/mol. The molecule has 0 saturated carbocycles. The Kier molecular flexibility index (Phi) is 10.3. The lowest BCUT2D eigenvalue weighted by atomic mass is 9.98. The van der Waals surface area contributed by atoms with Gasteiger partial charge in [-0.15, -0.1) is 0 Å². The van der Waals surface area contributed by atoms with Crippen molar-refractivity contribution in [2.24, 2.45) is 0 Å². The van der Waals surface area contributed by atoms with Gasteiger partial charge in [0.2, 0.25) is 0 Å². The fraction of sp³-hybridized carbons (Fsp3) is 0.760. The number of quaternary nitrogens is 1. The summed E-state index contributed by atoms with van der Waals surface area (Å²) in [5.74, 6) is 0. The van der Waals surface area contributed by atoms with Crippen molar-refractivity contribution in [1.82, 2.24) is 0 Å². The third kappa shape index (κ3) is 8.80. The molecule has 0 bridgehead atoms. The first-order chi connectivity index (χ1) is 13.4. The predicted molar refractivity (Wildman–Crippen MR) is 125 cm³/mol. The molecule has 160 valence electrons. The Bertz CT molecular complexity index is 559. The number of rotatable bonds is 14. The third-order valence-corrected chi connectivity index (χ3v) is 9.14. The maximum absolute atomic E-state index is 6.48. The highest BCUT2D eigenvalue weighted by molar-refractivity contribution is 6.71.